The quantitative estimate of drug-likeness (QED) is 0.759. The molecule has 0 aromatic rings. The molecule has 2 aliphatic rings. The lowest BCUT2D eigenvalue weighted by Gasteiger charge is -2.37. The lowest BCUT2D eigenvalue weighted by molar-refractivity contribution is -0.149. The zero-order chi connectivity index (χ0) is 14.6. The first-order chi connectivity index (χ1) is 9.59. The van der Waals surface area contributed by atoms with Gasteiger partial charge in [0.2, 0.25) is 0 Å². The highest BCUT2D eigenvalue weighted by Gasteiger charge is 2.41. The van der Waals surface area contributed by atoms with Crippen LogP contribution in [0.15, 0.2) is 0 Å². The third-order valence-electron chi connectivity index (χ3n) is 4.73. The van der Waals surface area contributed by atoms with Gasteiger partial charge in [-0.2, -0.15) is 0 Å². The lowest BCUT2D eigenvalue weighted by atomic mass is 9.99. The van der Waals surface area contributed by atoms with E-state index in [0.29, 0.717) is 12.1 Å². The molecule has 1 N–H and O–H groups in total. The van der Waals surface area contributed by atoms with E-state index in [1.54, 1.807) is 0 Å². The molecular weight excluding hydrogens is 252 g/mol. The summed E-state index contributed by atoms with van der Waals surface area (Å²) in [6, 6.07) is 1.12. The topological polar surface area (TPSA) is 41.6 Å². The molecule has 0 radical (unpaired) electrons. The highest BCUT2D eigenvalue weighted by atomic mass is 16.5. The van der Waals surface area contributed by atoms with Gasteiger partial charge in [-0.15, -0.1) is 0 Å². The Labute approximate surface area is 123 Å². The SMILES string of the molecule is CCC1CCCCCN1CC(C)(NC1CC1)C(=O)OC. The number of nitrogens with zero attached hydrogens (tertiary/aromatic N) is 1. The predicted molar refractivity (Wildman–Crippen MR) is 80.7 cm³/mol. The summed E-state index contributed by atoms with van der Waals surface area (Å²) in [6.07, 6.45) is 8.68. The Morgan fingerprint density at radius 3 is 2.65 bits per heavy atom. The lowest BCUT2D eigenvalue weighted by Crippen LogP contribution is -2.59. The second-order valence-corrected chi connectivity index (χ2v) is 6.62. The van der Waals surface area contributed by atoms with Gasteiger partial charge in [-0.3, -0.25) is 15.0 Å². The van der Waals surface area contributed by atoms with E-state index in [1.807, 2.05) is 6.92 Å². The van der Waals surface area contributed by atoms with Gasteiger partial charge >= 0.3 is 5.97 Å². The van der Waals surface area contributed by atoms with Crippen molar-refractivity contribution in [2.24, 2.45) is 0 Å². The van der Waals surface area contributed by atoms with Gasteiger partial charge in [-0.25, -0.2) is 0 Å². The normalized spacial score (nSPS) is 27.6. The summed E-state index contributed by atoms with van der Waals surface area (Å²) in [7, 11) is 1.49. The molecule has 0 aromatic carbocycles. The molecule has 1 aliphatic heterocycles. The molecule has 2 fully saturated rings. The monoisotopic (exact) mass is 282 g/mol. The number of hydrogen-bond acceptors (Lipinski definition) is 4. The van der Waals surface area contributed by atoms with Crippen LogP contribution in [0, 0.1) is 0 Å². The van der Waals surface area contributed by atoms with Crippen LogP contribution in [0.5, 0.6) is 0 Å². The first kappa shape index (κ1) is 15.8. The van der Waals surface area contributed by atoms with E-state index in [-0.39, 0.29) is 5.97 Å². The zero-order valence-corrected chi connectivity index (χ0v) is 13.3. The minimum Gasteiger partial charge on any atom is -0.468 e. The number of methoxy groups -OCH3 is 1. The average Bonchev–Trinajstić information content (AvgIpc) is 3.25. The van der Waals surface area contributed by atoms with Gasteiger partial charge in [0, 0.05) is 18.6 Å². The summed E-state index contributed by atoms with van der Waals surface area (Å²) in [6.45, 7) is 6.15. The van der Waals surface area contributed by atoms with E-state index in [4.69, 9.17) is 4.74 Å². The highest BCUT2D eigenvalue weighted by Crippen LogP contribution is 2.26. The van der Waals surface area contributed by atoms with Crippen molar-refractivity contribution < 1.29 is 9.53 Å². The van der Waals surface area contributed by atoms with Gasteiger partial charge in [0.1, 0.15) is 5.54 Å². The summed E-state index contributed by atoms with van der Waals surface area (Å²) in [5, 5.41) is 3.51. The van der Waals surface area contributed by atoms with Crippen molar-refractivity contribution in [3.63, 3.8) is 0 Å². The maximum atomic E-state index is 12.2. The molecule has 2 rings (SSSR count). The Morgan fingerprint density at radius 1 is 1.30 bits per heavy atom. The minimum absolute atomic E-state index is 0.122. The van der Waals surface area contributed by atoms with Gasteiger partial charge in [-0.05, 0) is 45.6 Å². The van der Waals surface area contributed by atoms with Crippen LogP contribution in [-0.4, -0.2) is 48.7 Å². The van der Waals surface area contributed by atoms with Crippen molar-refractivity contribution in [1.82, 2.24) is 10.2 Å². The van der Waals surface area contributed by atoms with Crippen molar-refractivity contribution in [3.8, 4) is 0 Å². The van der Waals surface area contributed by atoms with Crippen molar-refractivity contribution in [2.75, 3.05) is 20.2 Å². The number of ether oxygens (including phenoxy) is 1. The molecule has 0 aromatic heterocycles. The summed E-state index contributed by atoms with van der Waals surface area (Å²) in [5.74, 6) is -0.122. The van der Waals surface area contributed by atoms with Crippen molar-refractivity contribution in [1.29, 1.82) is 0 Å². The zero-order valence-electron chi connectivity index (χ0n) is 13.3. The second kappa shape index (κ2) is 6.90. The van der Waals surface area contributed by atoms with Crippen LogP contribution in [0.4, 0.5) is 0 Å². The Balaban J connectivity index is 2.05. The fourth-order valence-electron chi connectivity index (χ4n) is 3.39. The maximum absolute atomic E-state index is 12.2. The van der Waals surface area contributed by atoms with E-state index in [2.05, 4.69) is 17.1 Å². The number of rotatable bonds is 6. The smallest absolute Gasteiger partial charge is 0.327 e. The minimum atomic E-state index is -0.562. The third kappa shape index (κ3) is 3.95. The predicted octanol–water partition coefficient (Wildman–Crippen LogP) is 2.32. The second-order valence-electron chi connectivity index (χ2n) is 6.62. The number of carbonyl (C=O) groups is 1. The van der Waals surface area contributed by atoms with Gasteiger partial charge in [-0.1, -0.05) is 19.8 Å². The van der Waals surface area contributed by atoms with Crippen LogP contribution in [0.3, 0.4) is 0 Å². The molecule has 2 atom stereocenters. The van der Waals surface area contributed by atoms with Crippen LogP contribution in [0.1, 0.15) is 58.8 Å². The maximum Gasteiger partial charge on any atom is 0.327 e. The highest BCUT2D eigenvalue weighted by molar-refractivity contribution is 5.80. The van der Waals surface area contributed by atoms with Gasteiger partial charge in [0.15, 0.2) is 0 Å². The summed E-state index contributed by atoms with van der Waals surface area (Å²) in [5.41, 5.74) is -0.562. The van der Waals surface area contributed by atoms with Crippen molar-refractivity contribution >= 4 is 5.97 Å². The van der Waals surface area contributed by atoms with Crippen molar-refractivity contribution in [3.05, 3.63) is 0 Å². The van der Waals surface area contributed by atoms with Crippen LogP contribution >= 0.6 is 0 Å². The number of esters is 1. The van der Waals surface area contributed by atoms with E-state index in [1.165, 1.54) is 52.1 Å². The number of likely N-dealkylation sites (tertiary alicyclic amines) is 1. The van der Waals surface area contributed by atoms with E-state index < -0.39 is 5.54 Å². The van der Waals surface area contributed by atoms with Gasteiger partial charge < -0.3 is 4.74 Å². The Bertz CT molecular complexity index is 330. The van der Waals surface area contributed by atoms with Gasteiger partial charge in [0.05, 0.1) is 7.11 Å². The van der Waals surface area contributed by atoms with Crippen molar-refractivity contribution in [2.45, 2.75) is 76.4 Å². The first-order valence-corrected chi connectivity index (χ1v) is 8.19. The molecule has 20 heavy (non-hydrogen) atoms. The fraction of sp³-hybridized carbons (Fsp3) is 0.938. The van der Waals surface area contributed by atoms with E-state index >= 15 is 0 Å². The van der Waals surface area contributed by atoms with E-state index in [0.717, 1.165) is 13.1 Å². The molecule has 1 aliphatic carbocycles. The van der Waals surface area contributed by atoms with E-state index in [9.17, 15) is 4.79 Å². The number of carbonyl (C=O) groups excluding carboxylic acids is 1. The van der Waals surface area contributed by atoms with Crippen LogP contribution in [0.2, 0.25) is 0 Å². The molecule has 4 heteroatoms. The standard InChI is InChI=1S/C16H30N2O2/c1-4-14-8-6-5-7-11-18(14)12-16(2,15(19)20-3)17-13-9-10-13/h13-14,17H,4-12H2,1-3H3. The Kier molecular flexibility index (Phi) is 5.44. The molecule has 116 valence electrons. The van der Waals surface area contributed by atoms with Crippen LogP contribution in [-0.2, 0) is 9.53 Å². The number of hydrogen-bond donors (Lipinski definition) is 1. The molecule has 0 bridgehead atoms. The molecule has 0 amide bonds. The molecule has 4 nitrogen and oxygen atoms in total. The Morgan fingerprint density at radius 2 is 2.05 bits per heavy atom. The number of nitrogens with one attached hydrogen (secondary N) is 1. The molecule has 0 spiro atoms. The fourth-order valence-corrected chi connectivity index (χ4v) is 3.39. The van der Waals surface area contributed by atoms with Crippen LogP contribution in [0.25, 0.3) is 0 Å². The Hall–Kier alpha value is -0.610. The van der Waals surface area contributed by atoms with Gasteiger partial charge in [0.25, 0.3) is 0 Å². The molecule has 1 saturated heterocycles. The summed E-state index contributed by atoms with van der Waals surface area (Å²) in [4.78, 5) is 14.8. The molecule has 1 heterocycles. The average molecular weight is 282 g/mol. The van der Waals surface area contributed by atoms with Crippen LogP contribution < -0.4 is 5.32 Å². The first-order valence-electron chi connectivity index (χ1n) is 8.19. The molecule has 2 unspecified atom stereocenters. The largest absolute Gasteiger partial charge is 0.468 e. The third-order valence-corrected chi connectivity index (χ3v) is 4.73. The summed E-state index contributed by atoms with van der Waals surface area (Å²) >= 11 is 0. The molecular formula is C16H30N2O2. The summed E-state index contributed by atoms with van der Waals surface area (Å²) < 4.78 is 5.06. The molecule has 1 saturated carbocycles.